The number of methoxy groups -OCH3 is 1. The van der Waals surface area contributed by atoms with Gasteiger partial charge in [-0.1, -0.05) is 24.4 Å². The van der Waals surface area contributed by atoms with Gasteiger partial charge < -0.3 is 15.4 Å². The molecule has 1 fully saturated rings. The molecular weight excluding hydrogens is 445 g/mol. The second kappa shape index (κ2) is 10.3. The van der Waals surface area contributed by atoms with Gasteiger partial charge >= 0.3 is 0 Å². The number of nitrogens with zero attached hydrogens (tertiary/aromatic N) is 1. The van der Waals surface area contributed by atoms with E-state index in [4.69, 9.17) is 16.3 Å². The number of carbonyl (C=O) groups is 1. The predicted molar refractivity (Wildman–Crippen MR) is 119 cm³/mol. The van der Waals surface area contributed by atoms with Gasteiger partial charge in [0.2, 0.25) is 15.9 Å². The lowest BCUT2D eigenvalue weighted by Gasteiger charge is -2.21. The van der Waals surface area contributed by atoms with Gasteiger partial charge in [-0.15, -0.1) is 0 Å². The predicted octanol–water partition coefficient (Wildman–Crippen LogP) is 4.10. The summed E-state index contributed by atoms with van der Waals surface area (Å²) >= 11 is 5.93. The van der Waals surface area contributed by atoms with Crippen molar-refractivity contribution in [2.24, 2.45) is 0 Å². The molecule has 168 valence electrons. The molecular formula is C21H25ClFN3O4S. The first-order valence-electron chi connectivity index (χ1n) is 9.98. The van der Waals surface area contributed by atoms with Crippen molar-refractivity contribution in [3.05, 3.63) is 47.2 Å². The Labute approximate surface area is 186 Å². The Balaban J connectivity index is 1.73. The fourth-order valence-corrected chi connectivity index (χ4v) is 5.14. The molecule has 0 radical (unpaired) electrons. The topological polar surface area (TPSA) is 87.7 Å². The molecule has 2 aromatic rings. The van der Waals surface area contributed by atoms with Crippen LogP contribution in [-0.2, 0) is 14.8 Å². The summed E-state index contributed by atoms with van der Waals surface area (Å²) in [5, 5.41) is 5.57. The summed E-state index contributed by atoms with van der Waals surface area (Å²) in [6.07, 6.45) is 3.72. The highest BCUT2D eigenvalue weighted by Crippen LogP contribution is 2.30. The molecule has 0 saturated carbocycles. The normalized spacial score (nSPS) is 15.2. The summed E-state index contributed by atoms with van der Waals surface area (Å²) in [7, 11) is -2.19. The highest BCUT2D eigenvalue weighted by Gasteiger charge is 2.26. The lowest BCUT2D eigenvalue weighted by atomic mass is 10.2. The summed E-state index contributed by atoms with van der Waals surface area (Å²) in [4.78, 5) is 12.4. The van der Waals surface area contributed by atoms with Crippen molar-refractivity contribution in [2.45, 2.75) is 30.6 Å². The second-order valence-corrected chi connectivity index (χ2v) is 9.55. The van der Waals surface area contributed by atoms with Gasteiger partial charge in [0.05, 0.1) is 34.9 Å². The van der Waals surface area contributed by atoms with E-state index >= 15 is 0 Å². The Morgan fingerprint density at radius 2 is 1.81 bits per heavy atom. The second-order valence-electron chi connectivity index (χ2n) is 7.21. The van der Waals surface area contributed by atoms with E-state index in [-0.39, 0.29) is 22.2 Å². The lowest BCUT2D eigenvalue weighted by Crippen LogP contribution is -2.32. The van der Waals surface area contributed by atoms with Crippen LogP contribution in [0.15, 0.2) is 41.3 Å². The monoisotopic (exact) mass is 469 g/mol. The highest BCUT2D eigenvalue weighted by molar-refractivity contribution is 7.89. The molecule has 7 nitrogen and oxygen atoms in total. The first-order valence-corrected chi connectivity index (χ1v) is 11.8. The molecule has 10 heteroatoms. The number of sulfonamides is 1. The van der Waals surface area contributed by atoms with Crippen molar-refractivity contribution in [1.29, 1.82) is 0 Å². The van der Waals surface area contributed by atoms with Gasteiger partial charge in [0.15, 0.2) is 0 Å². The molecule has 1 aliphatic heterocycles. The number of ether oxygens (including phenoxy) is 1. The number of benzene rings is 2. The van der Waals surface area contributed by atoms with E-state index in [9.17, 15) is 17.6 Å². The van der Waals surface area contributed by atoms with Crippen LogP contribution in [0.4, 0.5) is 15.8 Å². The van der Waals surface area contributed by atoms with Gasteiger partial charge in [0, 0.05) is 13.1 Å². The summed E-state index contributed by atoms with van der Waals surface area (Å²) in [6, 6.07) is 8.19. The fourth-order valence-electron chi connectivity index (χ4n) is 3.38. The molecule has 2 N–H and O–H groups in total. The molecule has 0 aromatic heterocycles. The van der Waals surface area contributed by atoms with E-state index in [1.165, 1.54) is 35.7 Å². The van der Waals surface area contributed by atoms with E-state index in [1.54, 1.807) is 6.07 Å². The number of amides is 1. The smallest absolute Gasteiger partial charge is 0.243 e. The number of nitrogens with one attached hydrogen (secondary N) is 2. The number of anilines is 2. The number of hydrogen-bond acceptors (Lipinski definition) is 5. The van der Waals surface area contributed by atoms with Crippen LogP contribution in [0.2, 0.25) is 5.02 Å². The van der Waals surface area contributed by atoms with Gasteiger partial charge in [0.25, 0.3) is 0 Å². The van der Waals surface area contributed by atoms with Crippen molar-refractivity contribution in [1.82, 2.24) is 4.31 Å². The van der Waals surface area contributed by atoms with Crippen LogP contribution in [0.5, 0.6) is 5.75 Å². The van der Waals surface area contributed by atoms with Crippen LogP contribution >= 0.6 is 11.6 Å². The third kappa shape index (κ3) is 5.87. The van der Waals surface area contributed by atoms with E-state index in [1.807, 2.05) is 0 Å². The maximum Gasteiger partial charge on any atom is 0.243 e. The number of halogens is 2. The molecule has 0 unspecified atom stereocenters. The lowest BCUT2D eigenvalue weighted by molar-refractivity contribution is -0.114. The minimum absolute atomic E-state index is 0.0801. The Morgan fingerprint density at radius 3 is 2.45 bits per heavy atom. The minimum atomic E-state index is -3.65. The maximum atomic E-state index is 13.2. The van der Waals surface area contributed by atoms with Crippen molar-refractivity contribution in [2.75, 3.05) is 37.4 Å². The van der Waals surface area contributed by atoms with Crippen LogP contribution in [0, 0.1) is 5.82 Å². The molecule has 0 spiro atoms. The van der Waals surface area contributed by atoms with Crippen LogP contribution < -0.4 is 15.4 Å². The van der Waals surface area contributed by atoms with Crippen LogP contribution in [0.3, 0.4) is 0 Å². The molecule has 1 amide bonds. The first-order chi connectivity index (χ1) is 14.8. The molecule has 0 bridgehead atoms. The van der Waals surface area contributed by atoms with Crippen LogP contribution in [-0.4, -0.2) is 45.4 Å². The Bertz CT molecular complexity index is 1040. The molecule has 0 aliphatic carbocycles. The fraction of sp³-hybridized carbons (Fsp3) is 0.381. The number of hydrogen-bond donors (Lipinski definition) is 2. The average Bonchev–Trinajstić information content (AvgIpc) is 3.04. The molecule has 31 heavy (non-hydrogen) atoms. The standard InChI is InChI=1S/C21H25ClFN3O4S/c1-30-20-9-7-16(31(28,29)26-10-4-2-3-5-11-26)13-19(20)24-14-21(27)25-18-8-6-15(23)12-17(18)22/h6-9,12-13,24H,2-5,10-11,14H2,1H3,(H,25,27). The van der Waals surface area contributed by atoms with E-state index in [0.717, 1.165) is 31.7 Å². The summed E-state index contributed by atoms with van der Waals surface area (Å²) < 4.78 is 46.1. The molecule has 2 aromatic carbocycles. The Morgan fingerprint density at radius 1 is 1.10 bits per heavy atom. The largest absolute Gasteiger partial charge is 0.495 e. The molecule has 0 atom stereocenters. The Kier molecular flexibility index (Phi) is 7.74. The molecule has 1 aliphatic rings. The third-order valence-corrected chi connectivity index (χ3v) is 7.23. The van der Waals surface area contributed by atoms with Crippen molar-refractivity contribution in [3.8, 4) is 5.75 Å². The van der Waals surface area contributed by atoms with Gasteiger partial charge in [-0.2, -0.15) is 4.31 Å². The molecule has 1 heterocycles. The number of rotatable bonds is 7. The van der Waals surface area contributed by atoms with Crippen molar-refractivity contribution >= 4 is 38.9 Å². The van der Waals surface area contributed by atoms with E-state index in [0.29, 0.717) is 24.5 Å². The quantitative estimate of drug-likeness (QED) is 0.637. The zero-order valence-electron chi connectivity index (χ0n) is 17.2. The number of carbonyl (C=O) groups excluding carboxylic acids is 1. The average molecular weight is 470 g/mol. The maximum absolute atomic E-state index is 13.2. The zero-order chi connectivity index (χ0) is 22.4. The van der Waals surface area contributed by atoms with Gasteiger partial charge in [-0.3, -0.25) is 4.79 Å². The summed E-state index contributed by atoms with van der Waals surface area (Å²) in [6.45, 7) is 0.827. The zero-order valence-corrected chi connectivity index (χ0v) is 18.7. The van der Waals surface area contributed by atoms with Crippen LogP contribution in [0.1, 0.15) is 25.7 Å². The summed E-state index contributed by atoms with van der Waals surface area (Å²) in [5.41, 5.74) is 0.651. The highest BCUT2D eigenvalue weighted by atomic mass is 35.5. The van der Waals surface area contributed by atoms with Crippen molar-refractivity contribution in [3.63, 3.8) is 0 Å². The Hall–Kier alpha value is -2.36. The van der Waals surface area contributed by atoms with E-state index in [2.05, 4.69) is 10.6 Å². The third-order valence-electron chi connectivity index (χ3n) is 5.02. The van der Waals surface area contributed by atoms with Crippen molar-refractivity contribution < 1.29 is 22.3 Å². The minimum Gasteiger partial charge on any atom is -0.495 e. The first kappa shape index (κ1) is 23.3. The molecule has 1 saturated heterocycles. The van der Waals surface area contributed by atoms with Gasteiger partial charge in [-0.25, -0.2) is 12.8 Å². The molecule has 3 rings (SSSR count). The van der Waals surface area contributed by atoms with Crippen LogP contribution in [0.25, 0.3) is 0 Å². The van der Waals surface area contributed by atoms with Gasteiger partial charge in [0.1, 0.15) is 11.6 Å². The summed E-state index contributed by atoms with van der Waals surface area (Å²) in [5.74, 6) is -0.535. The SMILES string of the molecule is COc1ccc(S(=O)(=O)N2CCCCCC2)cc1NCC(=O)Nc1ccc(F)cc1Cl. The van der Waals surface area contributed by atoms with Gasteiger partial charge in [-0.05, 0) is 49.2 Å². The van der Waals surface area contributed by atoms with E-state index < -0.39 is 21.7 Å².